The number of aryl methyl sites for hydroxylation is 1. The minimum Gasteiger partial charge on any atom is -0.478 e. The van der Waals surface area contributed by atoms with Gasteiger partial charge in [-0.05, 0) is 41.1 Å². The van der Waals surface area contributed by atoms with Gasteiger partial charge in [-0.15, -0.1) is 0 Å². The van der Waals surface area contributed by atoms with E-state index in [0.717, 1.165) is 19.8 Å². The van der Waals surface area contributed by atoms with Crippen LogP contribution in [0.3, 0.4) is 0 Å². The van der Waals surface area contributed by atoms with Gasteiger partial charge in [-0.1, -0.05) is 15.9 Å². The van der Waals surface area contributed by atoms with Gasteiger partial charge in [0.2, 0.25) is 0 Å². The molecule has 0 saturated carbocycles. The number of aromatic nitrogens is 1. The van der Waals surface area contributed by atoms with Crippen LogP contribution < -0.4 is 0 Å². The average molecular weight is 345 g/mol. The van der Waals surface area contributed by atoms with Crippen molar-refractivity contribution in [1.29, 1.82) is 0 Å². The standard InChI is InChI=1S/C11H7Br2NO2/c1-5-8(11(15)16)3-6-2-7(12)4-9(13)10(6)14-5/h2-4H,1H3,(H,15,16). The fourth-order valence-electron chi connectivity index (χ4n) is 1.52. The number of pyridine rings is 1. The minimum absolute atomic E-state index is 0.234. The Morgan fingerprint density at radius 3 is 2.62 bits per heavy atom. The normalized spacial score (nSPS) is 10.7. The number of hydrogen-bond acceptors (Lipinski definition) is 2. The van der Waals surface area contributed by atoms with Gasteiger partial charge >= 0.3 is 5.97 Å². The molecule has 0 spiro atoms. The van der Waals surface area contributed by atoms with Crippen LogP contribution in [0, 0.1) is 6.92 Å². The van der Waals surface area contributed by atoms with Crippen molar-refractivity contribution in [3.8, 4) is 0 Å². The Hall–Kier alpha value is -0.940. The zero-order chi connectivity index (χ0) is 11.9. The molecule has 0 atom stereocenters. The maximum atomic E-state index is 11.0. The topological polar surface area (TPSA) is 50.2 Å². The maximum absolute atomic E-state index is 11.0. The Balaban J connectivity index is 2.84. The van der Waals surface area contributed by atoms with E-state index in [9.17, 15) is 4.79 Å². The molecule has 2 aromatic rings. The number of halogens is 2. The first-order valence-corrected chi connectivity index (χ1v) is 6.07. The van der Waals surface area contributed by atoms with Crippen molar-refractivity contribution in [3.05, 3.63) is 38.4 Å². The lowest BCUT2D eigenvalue weighted by Gasteiger charge is -2.05. The van der Waals surface area contributed by atoms with Crippen LogP contribution in [0.4, 0.5) is 0 Å². The van der Waals surface area contributed by atoms with E-state index in [1.807, 2.05) is 12.1 Å². The molecule has 1 heterocycles. The largest absolute Gasteiger partial charge is 0.478 e. The highest BCUT2D eigenvalue weighted by atomic mass is 79.9. The number of benzene rings is 1. The number of rotatable bonds is 1. The number of hydrogen-bond donors (Lipinski definition) is 1. The molecule has 0 amide bonds. The lowest BCUT2D eigenvalue weighted by molar-refractivity contribution is 0.0696. The molecular formula is C11H7Br2NO2. The molecule has 3 nitrogen and oxygen atoms in total. The Labute approximate surface area is 109 Å². The highest BCUT2D eigenvalue weighted by molar-refractivity contribution is 9.11. The maximum Gasteiger partial charge on any atom is 0.337 e. The highest BCUT2D eigenvalue weighted by Crippen LogP contribution is 2.28. The van der Waals surface area contributed by atoms with Crippen LogP contribution in [0.15, 0.2) is 27.1 Å². The van der Waals surface area contributed by atoms with Gasteiger partial charge in [0.05, 0.1) is 16.8 Å². The second-order valence-electron chi connectivity index (χ2n) is 3.39. The molecule has 2 rings (SSSR count). The van der Waals surface area contributed by atoms with E-state index in [1.165, 1.54) is 0 Å². The number of carbonyl (C=O) groups is 1. The van der Waals surface area contributed by atoms with E-state index in [4.69, 9.17) is 5.11 Å². The fraction of sp³-hybridized carbons (Fsp3) is 0.0909. The summed E-state index contributed by atoms with van der Waals surface area (Å²) in [5, 5.41) is 9.80. The monoisotopic (exact) mass is 343 g/mol. The summed E-state index contributed by atoms with van der Waals surface area (Å²) >= 11 is 6.76. The molecule has 0 aliphatic heterocycles. The lowest BCUT2D eigenvalue weighted by atomic mass is 10.1. The van der Waals surface area contributed by atoms with Gasteiger partial charge in [0.25, 0.3) is 0 Å². The first-order valence-electron chi connectivity index (χ1n) is 4.48. The number of nitrogens with zero attached hydrogens (tertiary/aromatic N) is 1. The molecule has 16 heavy (non-hydrogen) atoms. The summed E-state index contributed by atoms with van der Waals surface area (Å²) in [6, 6.07) is 5.36. The molecule has 1 aromatic carbocycles. The number of carboxylic acid groups (broad SMARTS) is 1. The second kappa shape index (κ2) is 4.14. The summed E-state index contributed by atoms with van der Waals surface area (Å²) < 4.78 is 1.73. The summed E-state index contributed by atoms with van der Waals surface area (Å²) in [4.78, 5) is 15.3. The van der Waals surface area contributed by atoms with Crippen LogP contribution in [-0.4, -0.2) is 16.1 Å². The summed E-state index contributed by atoms with van der Waals surface area (Å²) in [6.07, 6.45) is 0. The Bertz CT molecular complexity index is 596. The zero-order valence-corrected chi connectivity index (χ0v) is 11.5. The molecule has 0 saturated heterocycles. The van der Waals surface area contributed by atoms with Crippen LogP contribution in [0.25, 0.3) is 10.9 Å². The molecule has 5 heteroatoms. The van der Waals surface area contributed by atoms with Crippen molar-refractivity contribution in [3.63, 3.8) is 0 Å². The van der Waals surface area contributed by atoms with Gasteiger partial charge in [0.1, 0.15) is 0 Å². The second-order valence-corrected chi connectivity index (χ2v) is 5.16. The molecule has 0 aliphatic rings. The molecule has 1 N–H and O–H groups in total. The minimum atomic E-state index is -0.956. The summed E-state index contributed by atoms with van der Waals surface area (Å²) in [7, 11) is 0. The molecule has 0 fully saturated rings. The fourth-order valence-corrected chi connectivity index (χ4v) is 2.87. The summed E-state index contributed by atoms with van der Waals surface area (Å²) in [5.74, 6) is -0.956. The third-order valence-electron chi connectivity index (χ3n) is 2.26. The molecule has 0 aliphatic carbocycles. The van der Waals surface area contributed by atoms with Gasteiger partial charge in [-0.2, -0.15) is 0 Å². The summed E-state index contributed by atoms with van der Waals surface area (Å²) in [6.45, 7) is 1.69. The van der Waals surface area contributed by atoms with Crippen LogP contribution in [-0.2, 0) is 0 Å². The Morgan fingerprint density at radius 1 is 1.31 bits per heavy atom. The Morgan fingerprint density at radius 2 is 2.00 bits per heavy atom. The molecule has 1 aromatic heterocycles. The van der Waals surface area contributed by atoms with Crippen molar-refractivity contribution < 1.29 is 9.90 Å². The SMILES string of the molecule is Cc1nc2c(Br)cc(Br)cc2cc1C(=O)O. The van der Waals surface area contributed by atoms with Crippen molar-refractivity contribution >= 4 is 48.7 Å². The van der Waals surface area contributed by atoms with Crippen LogP contribution in [0.2, 0.25) is 0 Å². The van der Waals surface area contributed by atoms with Gasteiger partial charge in [-0.25, -0.2) is 4.79 Å². The van der Waals surface area contributed by atoms with E-state index >= 15 is 0 Å². The van der Waals surface area contributed by atoms with Gasteiger partial charge in [0, 0.05) is 14.3 Å². The van der Waals surface area contributed by atoms with Crippen molar-refractivity contribution in [1.82, 2.24) is 4.98 Å². The van der Waals surface area contributed by atoms with Crippen LogP contribution in [0.5, 0.6) is 0 Å². The van der Waals surface area contributed by atoms with E-state index in [2.05, 4.69) is 36.8 Å². The predicted octanol–water partition coefficient (Wildman–Crippen LogP) is 3.77. The smallest absolute Gasteiger partial charge is 0.337 e. The first-order chi connectivity index (χ1) is 7.49. The van der Waals surface area contributed by atoms with Crippen molar-refractivity contribution in [2.45, 2.75) is 6.92 Å². The number of carboxylic acids is 1. The van der Waals surface area contributed by atoms with Crippen molar-refractivity contribution in [2.24, 2.45) is 0 Å². The highest BCUT2D eigenvalue weighted by Gasteiger charge is 2.11. The predicted molar refractivity (Wildman–Crippen MR) is 68.8 cm³/mol. The molecule has 0 radical (unpaired) electrons. The lowest BCUT2D eigenvalue weighted by Crippen LogP contribution is -2.02. The molecular weight excluding hydrogens is 338 g/mol. The molecule has 82 valence electrons. The average Bonchev–Trinajstić information content (AvgIpc) is 2.18. The quantitative estimate of drug-likeness (QED) is 0.856. The Kier molecular flexibility index (Phi) is 2.99. The van der Waals surface area contributed by atoms with Gasteiger partial charge in [-0.3, -0.25) is 4.98 Å². The number of fused-ring (bicyclic) bond motifs is 1. The van der Waals surface area contributed by atoms with E-state index in [0.29, 0.717) is 5.69 Å². The van der Waals surface area contributed by atoms with Crippen molar-refractivity contribution in [2.75, 3.05) is 0 Å². The zero-order valence-electron chi connectivity index (χ0n) is 8.29. The summed E-state index contributed by atoms with van der Waals surface area (Å²) in [5.41, 5.74) is 1.52. The van der Waals surface area contributed by atoms with E-state index < -0.39 is 5.97 Å². The first kappa shape index (κ1) is 11.5. The van der Waals surface area contributed by atoms with E-state index in [-0.39, 0.29) is 5.56 Å². The third-order valence-corrected chi connectivity index (χ3v) is 3.32. The van der Waals surface area contributed by atoms with Crippen LogP contribution in [0.1, 0.15) is 16.1 Å². The molecule has 0 unspecified atom stereocenters. The molecule has 0 bridgehead atoms. The van der Waals surface area contributed by atoms with Crippen LogP contribution >= 0.6 is 31.9 Å². The third kappa shape index (κ3) is 1.97. The van der Waals surface area contributed by atoms with Gasteiger partial charge < -0.3 is 5.11 Å². The number of aromatic carboxylic acids is 1. The van der Waals surface area contributed by atoms with E-state index in [1.54, 1.807) is 13.0 Å². The van der Waals surface area contributed by atoms with Gasteiger partial charge in [0.15, 0.2) is 0 Å².